The average Bonchev–Trinajstić information content (AvgIpc) is 3.41. The van der Waals surface area contributed by atoms with Gasteiger partial charge < -0.3 is 14.0 Å². The van der Waals surface area contributed by atoms with Crippen LogP contribution in [-0.2, 0) is 31.5 Å². The largest absolute Gasteiger partial charge is 0.497 e. The molecule has 1 atom stereocenters. The number of imidazole rings is 1. The highest BCUT2D eigenvalue weighted by Gasteiger charge is 2.43. The molecule has 0 amide bonds. The number of rotatable bonds is 4. The highest BCUT2D eigenvalue weighted by Crippen LogP contribution is 2.36. The smallest absolute Gasteiger partial charge is 0.135 e. The van der Waals surface area contributed by atoms with Crippen molar-refractivity contribution in [3.63, 3.8) is 0 Å². The Morgan fingerprint density at radius 3 is 3.00 bits per heavy atom. The number of hydrogen-bond acceptors (Lipinski definition) is 5. The molecule has 146 valence electrons. The molecule has 1 fully saturated rings. The molecule has 0 aliphatic carbocycles. The Hall–Kier alpha value is -2.64. The van der Waals surface area contributed by atoms with Crippen LogP contribution >= 0.6 is 0 Å². The fourth-order valence-electron chi connectivity index (χ4n) is 4.39. The molecule has 4 heterocycles. The number of hydrogen-bond donors (Lipinski definition) is 0. The molecule has 7 heteroatoms. The first-order chi connectivity index (χ1) is 13.6. The highest BCUT2D eigenvalue weighted by atomic mass is 16.5. The Labute approximate surface area is 164 Å². The van der Waals surface area contributed by atoms with Gasteiger partial charge in [-0.05, 0) is 18.6 Å². The second kappa shape index (κ2) is 6.76. The first kappa shape index (κ1) is 17.5. The summed E-state index contributed by atoms with van der Waals surface area (Å²) in [6.45, 7) is 4.27. The first-order valence-electron chi connectivity index (χ1n) is 9.67. The van der Waals surface area contributed by atoms with Crippen molar-refractivity contribution >= 4 is 0 Å². The lowest BCUT2D eigenvalue weighted by Gasteiger charge is -2.35. The highest BCUT2D eigenvalue weighted by molar-refractivity contribution is 5.61. The van der Waals surface area contributed by atoms with E-state index < -0.39 is 0 Å². The van der Waals surface area contributed by atoms with E-state index in [1.165, 1.54) is 5.56 Å². The van der Waals surface area contributed by atoms with Crippen molar-refractivity contribution in [1.82, 2.24) is 24.2 Å². The Kier molecular flexibility index (Phi) is 4.21. The van der Waals surface area contributed by atoms with Gasteiger partial charge in [-0.25, -0.2) is 4.98 Å². The summed E-state index contributed by atoms with van der Waals surface area (Å²) in [6, 6.07) is 8.16. The molecule has 7 nitrogen and oxygen atoms in total. The van der Waals surface area contributed by atoms with Gasteiger partial charge in [0.2, 0.25) is 0 Å². The van der Waals surface area contributed by atoms with E-state index >= 15 is 0 Å². The molecule has 1 aromatic carbocycles. The van der Waals surface area contributed by atoms with E-state index in [1.54, 1.807) is 7.11 Å². The Morgan fingerprint density at radius 2 is 2.18 bits per heavy atom. The predicted molar refractivity (Wildman–Crippen MR) is 105 cm³/mol. The monoisotopic (exact) mass is 379 g/mol. The van der Waals surface area contributed by atoms with Crippen LogP contribution in [0.4, 0.5) is 0 Å². The molecule has 0 radical (unpaired) electrons. The standard InChI is InChI=1S/C21H25N5O2/c1-24-11-16(9-23-24)12-25-7-6-21(14-25)15-26-19(10-22-20(26)13-28-21)17-4-3-5-18(8-17)27-2/h3-5,8-11H,6-7,12-15H2,1-2H3/t21-/m0/s1. The summed E-state index contributed by atoms with van der Waals surface area (Å²) in [5.41, 5.74) is 3.35. The van der Waals surface area contributed by atoms with E-state index in [1.807, 2.05) is 36.3 Å². The minimum atomic E-state index is -0.149. The van der Waals surface area contributed by atoms with Gasteiger partial charge in [-0.1, -0.05) is 12.1 Å². The van der Waals surface area contributed by atoms with Gasteiger partial charge in [0, 0.05) is 44.0 Å². The van der Waals surface area contributed by atoms with Gasteiger partial charge in [0.1, 0.15) is 23.8 Å². The van der Waals surface area contributed by atoms with Crippen molar-refractivity contribution in [1.29, 1.82) is 0 Å². The number of aryl methyl sites for hydroxylation is 1. The van der Waals surface area contributed by atoms with Crippen LogP contribution in [0.5, 0.6) is 5.75 Å². The van der Waals surface area contributed by atoms with E-state index in [2.05, 4.69) is 37.9 Å². The third kappa shape index (κ3) is 3.10. The normalized spacial score (nSPS) is 21.9. The van der Waals surface area contributed by atoms with Gasteiger partial charge in [0.05, 0.1) is 31.7 Å². The molecule has 28 heavy (non-hydrogen) atoms. The van der Waals surface area contributed by atoms with Gasteiger partial charge in [-0.3, -0.25) is 9.58 Å². The number of benzene rings is 1. The summed E-state index contributed by atoms with van der Waals surface area (Å²) >= 11 is 0. The molecule has 0 saturated carbocycles. The van der Waals surface area contributed by atoms with Crippen LogP contribution in [0.25, 0.3) is 11.3 Å². The van der Waals surface area contributed by atoms with Crippen LogP contribution in [0.2, 0.25) is 0 Å². The van der Waals surface area contributed by atoms with Crippen molar-refractivity contribution in [2.75, 3.05) is 20.2 Å². The van der Waals surface area contributed by atoms with Crippen molar-refractivity contribution in [2.45, 2.75) is 31.7 Å². The van der Waals surface area contributed by atoms with Crippen LogP contribution in [0, 0.1) is 0 Å². The van der Waals surface area contributed by atoms with Crippen molar-refractivity contribution in [3.05, 3.63) is 54.2 Å². The molecular weight excluding hydrogens is 354 g/mol. The van der Waals surface area contributed by atoms with E-state index in [0.717, 1.165) is 55.4 Å². The fraction of sp³-hybridized carbons (Fsp3) is 0.429. The quantitative estimate of drug-likeness (QED) is 0.697. The van der Waals surface area contributed by atoms with E-state index in [0.29, 0.717) is 6.61 Å². The third-order valence-corrected chi connectivity index (χ3v) is 5.82. The van der Waals surface area contributed by atoms with Gasteiger partial charge in [-0.2, -0.15) is 5.10 Å². The number of likely N-dealkylation sites (tertiary alicyclic amines) is 1. The van der Waals surface area contributed by atoms with Crippen LogP contribution in [-0.4, -0.2) is 50.0 Å². The van der Waals surface area contributed by atoms with Crippen LogP contribution < -0.4 is 4.74 Å². The van der Waals surface area contributed by atoms with E-state index in [9.17, 15) is 0 Å². The topological polar surface area (TPSA) is 57.3 Å². The SMILES string of the molecule is COc1cccc(-c2cnc3n2C[C@@]2(CCN(Cc4cnn(C)c4)C2)OC3)c1. The summed E-state index contributed by atoms with van der Waals surface area (Å²) < 4.78 is 15.9. The van der Waals surface area contributed by atoms with Gasteiger partial charge in [0.15, 0.2) is 0 Å². The fourth-order valence-corrected chi connectivity index (χ4v) is 4.39. The molecule has 2 aromatic heterocycles. The Balaban J connectivity index is 1.37. The second-order valence-corrected chi connectivity index (χ2v) is 7.83. The lowest BCUT2D eigenvalue weighted by atomic mass is 10.0. The van der Waals surface area contributed by atoms with E-state index in [-0.39, 0.29) is 5.60 Å². The van der Waals surface area contributed by atoms with Crippen molar-refractivity contribution in [2.24, 2.45) is 7.05 Å². The maximum absolute atomic E-state index is 6.35. The molecular formula is C21H25N5O2. The second-order valence-electron chi connectivity index (χ2n) is 7.83. The number of ether oxygens (including phenoxy) is 2. The van der Waals surface area contributed by atoms with Crippen molar-refractivity contribution < 1.29 is 9.47 Å². The molecule has 2 aliphatic rings. The number of methoxy groups -OCH3 is 1. The summed E-state index contributed by atoms with van der Waals surface area (Å²) in [5.74, 6) is 1.85. The lowest BCUT2D eigenvalue weighted by molar-refractivity contribution is -0.0821. The Bertz CT molecular complexity index is 994. The summed E-state index contributed by atoms with van der Waals surface area (Å²) in [5, 5.41) is 4.28. The summed E-state index contributed by atoms with van der Waals surface area (Å²) in [7, 11) is 3.66. The van der Waals surface area contributed by atoms with Crippen LogP contribution in [0.15, 0.2) is 42.9 Å². The summed E-state index contributed by atoms with van der Waals surface area (Å²) in [6.07, 6.45) is 7.01. The molecule has 1 saturated heterocycles. The molecule has 5 rings (SSSR count). The maximum Gasteiger partial charge on any atom is 0.135 e. The zero-order valence-corrected chi connectivity index (χ0v) is 16.3. The predicted octanol–water partition coefficient (Wildman–Crippen LogP) is 2.47. The van der Waals surface area contributed by atoms with Crippen molar-refractivity contribution in [3.8, 4) is 17.0 Å². The Morgan fingerprint density at radius 1 is 1.25 bits per heavy atom. The molecule has 0 N–H and O–H groups in total. The zero-order chi connectivity index (χ0) is 19.1. The average molecular weight is 379 g/mol. The summed E-state index contributed by atoms with van der Waals surface area (Å²) in [4.78, 5) is 7.07. The lowest BCUT2D eigenvalue weighted by Crippen LogP contribution is -2.44. The molecule has 0 bridgehead atoms. The number of fused-ring (bicyclic) bond motifs is 1. The third-order valence-electron chi connectivity index (χ3n) is 5.82. The molecule has 0 unspecified atom stereocenters. The van der Waals surface area contributed by atoms with Crippen LogP contribution in [0.1, 0.15) is 17.8 Å². The van der Waals surface area contributed by atoms with E-state index in [4.69, 9.17) is 9.47 Å². The number of nitrogens with zero attached hydrogens (tertiary/aromatic N) is 5. The number of aromatic nitrogens is 4. The minimum absolute atomic E-state index is 0.149. The van der Waals surface area contributed by atoms with Crippen LogP contribution in [0.3, 0.4) is 0 Å². The first-order valence-corrected chi connectivity index (χ1v) is 9.67. The molecule has 2 aliphatic heterocycles. The minimum Gasteiger partial charge on any atom is -0.497 e. The maximum atomic E-state index is 6.35. The van der Waals surface area contributed by atoms with Gasteiger partial charge in [0.25, 0.3) is 0 Å². The zero-order valence-electron chi connectivity index (χ0n) is 16.3. The molecule has 1 spiro atoms. The molecule has 3 aromatic rings. The van der Waals surface area contributed by atoms with Gasteiger partial charge in [-0.15, -0.1) is 0 Å². The van der Waals surface area contributed by atoms with Gasteiger partial charge >= 0.3 is 0 Å².